The number of ether oxygens (including phenoxy) is 1. The highest BCUT2D eigenvalue weighted by Gasteiger charge is 2.17. The Morgan fingerprint density at radius 3 is 2.40 bits per heavy atom. The molecule has 2 heteroatoms. The van der Waals surface area contributed by atoms with Gasteiger partial charge < -0.3 is 10.1 Å². The molecule has 84 valence electrons. The van der Waals surface area contributed by atoms with Crippen LogP contribution in [0.5, 0.6) is 5.75 Å². The largest absolute Gasteiger partial charge is 0.496 e. The summed E-state index contributed by atoms with van der Waals surface area (Å²) in [5, 5.41) is 3.34. The molecule has 0 saturated carbocycles. The van der Waals surface area contributed by atoms with Crippen molar-refractivity contribution in [1.29, 1.82) is 0 Å². The van der Waals surface area contributed by atoms with E-state index in [1.807, 2.05) is 13.1 Å². The summed E-state index contributed by atoms with van der Waals surface area (Å²) in [6.07, 6.45) is 0. The molecule has 0 amide bonds. The predicted molar refractivity (Wildman–Crippen MR) is 64.4 cm³/mol. The number of methoxy groups -OCH3 is 1. The molecule has 1 atom stereocenters. The lowest BCUT2D eigenvalue weighted by Gasteiger charge is -2.23. The molecular weight excluding hydrogens is 186 g/mol. The van der Waals surface area contributed by atoms with Gasteiger partial charge in [-0.1, -0.05) is 31.5 Å². The van der Waals surface area contributed by atoms with Crippen molar-refractivity contribution in [2.45, 2.75) is 26.8 Å². The first kappa shape index (κ1) is 12.1. The van der Waals surface area contributed by atoms with Crippen LogP contribution in [0.25, 0.3) is 0 Å². The monoisotopic (exact) mass is 207 g/mol. The fourth-order valence-corrected chi connectivity index (χ4v) is 1.94. The number of hydrogen-bond donors (Lipinski definition) is 1. The second-order valence-electron chi connectivity index (χ2n) is 4.26. The minimum Gasteiger partial charge on any atom is -0.496 e. The third-order valence-electron chi connectivity index (χ3n) is 2.70. The number of benzene rings is 1. The van der Waals surface area contributed by atoms with Crippen LogP contribution in [-0.4, -0.2) is 14.2 Å². The quantitative estimate of drug-likeness (QED) is 0.819. The van der Waals surface area contributed by atoms with Gasteiger partial charge in [0.1, 0.15) is 5.75 Å². The zero-order valence-corrected chi connectivity index (χ0v) is 10.3. The van der Waals surface area contributed by atoms with Gasteiger partial charge in [0.2, 0.25) is 0 Å². The number of aryl methyl sites for hydroxylation is 1. The van der Waals surface area contributed by atoms with Gasteiger partial charge >= 0.3 is 0 Å². The molecule has 1 N–H and O–H groups in total. The lowest BCUT2D eigenvalue weighted by molar-refractivity contribution is 0.381. The Morgan fingerprint density at radius 1 is 1.27 bits per heavy atom. The molecule has 0 aliphatic rings. The first-order valence-electron chi connectivity index (χ1n) is 5.42. The second kappa shape index (κ2) is 5.17. The molecule has 15 heavy (non-hydrogen) atoms. The molecule has 0 spiro atoms. The van der Waals surface area contributed by atoms with Crippen molar-refractivity contribution in [2.75, 3.05) is 14.2 Å². The van der Waals surface area contributed by atoms with Crippen LogP contribution in [0, 0.1) is 12.8 Å². The van der Waals surface area contributed by atoms with Gasteiger partial charge in [-0.3, -0.25) is 0 Å². The molecule has 1 aromatic rings. The minimum absolute atomic E-state index is 0.347. The Hall–Kier alpha value is -1.02. The van der Waals surface area contributed by atoms with E-state index in [1.54, 1.807) is 7.11 Å². The van der Waals surface area contributed by atoms with Gasteiger partial charge in [-0.05, 0) is 26.0 Å². The van der Waals surface area contributed by atoms with Crippen LogP contribution in [0.15, 0.2) is 18.2 Å². The number of nitrogens with one attached hydrogen (secondary N) is 1. The molecule has 0 radical (unpaired) electrons. The van der Waals surface area contributed by atoms with E-state index in [9.17, 15) is 0 Å². The zero-order chi connectivity index (χ0) is 11.4. The molecule has 1 unspecified atom stereocenters. The van der Waals surface area contributed by atoms with Gasteiger partial charge in [0.05, 0.1) is 7.11 Å². The lowest BCUT2D eigenvalue weighted by Crippen LogP contribution is -2.22. The minimum atomic E-state index is 0.347. The van der Waals surface area contributed by atoms with E-state index in [0.717, 1.165) is 5.75 Å². The van der Waals surface area contributed by atoms with Crippen LogP contribution < -0.4 is 10.1 Å². The predicted octanol–water partition coefficient (Wildman–Crippen LogP) is 2.92. The van der Waals surface area contributed by atoms with E-state index in [-0.39, 0.29) is 0 Å². The van der Waals surface area contributed by atoms with Gasteiger partial charge in [-0.15, -0.1) is 0 Å². The van der Waals surface area contributed by atoms with Crippen LogP contribution in [-0.2, 0) is 0 Å². The molecule has 0 saturated heterocycles. The van der Waals surface area contributed by atoms with E-state index in [1.165, 1.54) is 11.1 Å². The third kappa shape index (κ3) is 2.72. The van der Waals surface area contributed by atoms with Crippen molar-refractivity contribution in [3.63, 3.8) is 0 Å². The van der Waals surface area contributed by atoms with Gasteiger partial charge in [0, 0.05) is 11.6 Å². The number of rotatable bonds is 4. The molecule has 1 rings (SSSR count). The summed E-state index contributed by atoms with van der Waals surface area (Å²) in [5.41, 5.74) is 2.52. The summed E-state index contributed by atoms with van der Waals surface area (Å²) in [4.78, 5) is 0. The molecule has 0 bridgehead atoms. The van der Waals surface area contributed by atoms with Crippen molar-refractivity contribution in [3.8, 4) is 5.75 Å². The Balaban J connectivity index is 3.13. The summed E-state index contributed by atoms with van der Waals surface area (Å²) in [6, 6.07) is 6.66. The molecular formula is C13H21NO. The Labute approximate surface area is 92.6 Å². The van der Waals surface area contributed by atoms with Crippen LogP contribution in [0.2, 0.25) is 0 Å². The van der Waals surface area contributed by atoms with Gasteiger partial charge in [0.15, 0.2) is 0 Å². The fraction of sp³-hybridized carbons (Fsp3) is 0.538. The summed E-state index contributed by atoms with van der Waals surface area (Å²) < 4.78 is 5.39. The van der Waals surface area contributed by atoms with E-state index in [0.29, 0.717) is 12.0 Å². The van der Waals surface area contributed by atoms with Crippen LogP contribution in [0.4, 0.5) is 0 Å². The van der Waals surface area contributed by atoms with Crippen molar-refractivity contribution < 1.29 is 4.74 Å². The van der Waals surface area contributed by atoms with Crippen molar-refractivity contribution in [1.82, 2.24) is 5.32 Å². The smallest absolute Gasteiger partial charge is 0.123 e. The van der Waals surface area contributed by atoms with Crippen LogP contribution in [0.1, 0.15) is 31.0 Å². The maximum absolute atomic E-state index is 5.39. The maximum Gasteiger partial charge on any atom is 0.123 e. The normalized spacial score (nSPS) is 12.9. The van der Waals surface area contributed by atoms with Crippen molar-refractivity contribution in [2.24, 2.45) is 5.92 Å². The van der Waals surface area contributed by atoms with E-state index < -0.39 is 0 Å². The first-order chi connectivity index (χ1) is 7.10. The second-order valence-corrected chi connectivity index (χ2v) is 4.26. The van der Waals surface area contributed by atoms with Crippen LogP contribution >= 0.6 is 0 Å². The molecule has 2 nitrogen and oxygen atoms in total. The fourth-order valence-electron chi connectivity index (χ4n) is 1.94. The topological polar surface area (TPSA) is 21.3 Å². The maximum atomic E-state index is 5.39. The van der Waals surface area contributed by atoms with E-state index in [4.69, 9.17) is 4.74 Å². The number of hydrogen-bond acceptors (Lipinski definition) is 2. The summed E-state index contributed by atoms with van der Waals surface area (Å²) in [7, 11) is 3.72. The Kier molecular flexibility index (Phi) is 4.15. The highest BCUT2D eigenvalue weighted by atomic mass is 16.5. The molecule has 1 aromatic carbocycles. The average Bonchev–Trinajstić information content (AvgIpc) is 2.18. The summed E-state index contributed by atoms with van der Waals surface area (Å²) >= 11 is 0. The standard InChI is InChI=1S/C13H21NO/c1-9(2)13(14-4)11-8-10(3)6-7-12(11)15-5/h6-9,13-14H,1-5H3. The van der Waals surface area contributed by atoms with E-state index >= 15 is 0 Å². The summed E-state index contributed by atoms with van der Waals surface area (Å²) in [5.74, 6) is 1.51. The van der Waals surface area contributed by atoms with Crippen LogP contribution in [0.3, 0.4) is 0 Å². The first-order valence-corrected chi connectivity index (χ1v) is 5.42. The van der Waals surface area contributed by atoms with Gasteiger partial charge in [-0.2, -0.15) is 0 Å². The highest BCUT2D eigenvalue weighted by Crippen LogP contribution is 2.30. The summed E-state index contributed by atoms with van der Waals surface area (Å²) in [6.45, 7) is 6.53. The molecule has 0 aliphatic heterocycles. The third-order valence-corrected chi connectivity index (χ3v) is 2.70. The lowest BCUT2D eigenvalue weighted by atomic mass is 9.94. The van der Waals surface area contributed by atoms with E-state index in [2.05, 4.69) is 38.2 Å². The average molecular weight is 207 g/mol. The molecule has 0 fully saturated rings. The molecule has 0 aromatic heterocycles. The van der Waals surface area contributed by atoms with Gasteiger partial charge in [-0.25, -0.2) is 0 Å². The van der Waals surface area contributed by atoms with Crippen molar-refractivity contribution in [3.05, 3.63) is 29.3 Å². The SMILES string of the molecule is CNC(c1cc(C)ccc1OC)C(C)C. The molecule has 0 heterocycles. The van der Waals surface area contributed by atoms with Gasteiger partial charge in [0.25, 0.3) is 0 Å². The van der Waals surface area contributed by atoms with Crippen molar-refractivity contribution >= 4 is 0 Å². The zero-order valence-electron chi connectivity index (χ0n) is 10.3. The highest BCUT2D eigenvalue weighted by molar-refractivity contribution is 5.39. The molecule has 0 aliphatic carbocycles. The Bertz CT molecular complexity index is 320. The Morgan fingerprint density at radius 2 is 1.93 bits per heavy atom.